The van der Waals surface area contributed by atoms with Crippen molar-refractivity contribution in [2.45, 2.75) is 45.1 Å². The van der Waals surface area contributed by atoms with Gasteiger partial charge in [0.2, 0.25) is 0 Å². The second-order valence-corrected chi connectivity index (χ2v) is 5.39. The molecule has 0 unspecified atom stereocenters. The third-order valence-electron chi connectivity index (χ3n) is 3.65. The Kier molecular flexibility index (Phi) is 5.31. The molecule has 1 aliphatic rings. The van der Waals surface area contributed by atoms with E-state index in [9.17, 15) is 14.0 Å². The van der Waals surface area contributed by atoms with Gasteiger partial charge in [-0.3, -0.25) is 9.59 Å². The van der Waals surface area contributed by atoms with E-state index in [2.05, 4.69) is 5.32 Å². The highest BCUT2D eigenvalue weighted by atomic mass is 19.1. The van der Waals surface area contributed by atoms with Crippen molar-refractivity contribution < 1.29 is 18.7 Å². The zero-order chi connectivity index (χ0) is 15.2. The number of carbonyl (C=O) groups is 2. The van der Waals surface area contributed by atoms with Crippen molar-refractivity contribution in [3.63, 3.8) is 0 Å². The standard InChI is InChI=1S/C16H20FNO3/c1-11(19)14-8-7-12(17)9-15(14)21-10-16(20)18-13-5-3-2-4-6-13/h7-9,13H,2-6,10H2,1H3,(H,18,20). The first-order valence-corrected chi connectivity index (χ1v) is 7.29. The molecule has 21 heavy (non-hydrogen) atoms. The average Bonchev–Trinajstić information content (AvgIpc) is 2.46. The van der Waals surface area contributed by atoms with Crippen molar-refractivity contribution in [1.29, 1.82) is 0 Å². The number of amides is 1. The van der Waals surface area contributed by atoms with Crippen LogP contribution in [0.2, 0.25) is 0 Å². The molecule has 0 aliphatic heterocycles. The normalized spacial score (nSPS) is 15.5. The highest BCUT2D eigenvalue weighted by Crippen LogP contribution is 2.21. The number of ether oxygens (including phenoxy) is 1. The molecule has 4 nitrogen and oxygen atoms in total. The van der Waals surface area contributed by atoms with Gasteiger partial charge in [0.25, 0.3) is 5.91 Å². The van der Waals surface area contributed by atoms with E-state index in [0.717, 1.165) is 31.7 Å². The van der Waals surface area contributed by atoms with Gasteiger partial charge in [-0.2, -0.15) is 0 Å². The molecule has 1 N–H and O–H groups in total. The van der Waals surface area contributed by atoms with Gasteiger partial charge in [0, 0.05) is 12.1 Å². The summed E-state index contributed by atoms with van der Waals surface area (Å²) in [4.78, 5) is 23.3. The number of ketones is 1. The van der Waals surface area contributed by atoms with Crippen LogP contribution in [0.3, 0.4) is 0 Å². The minimum Gasteiger partial charge on any atom is -0.483 e. The molecule has 1 aliphatic carbocycles. The van der Waals surface area contributed by atoms with Crippen LogP contribution in [0.4, 0.5) is 4.39 Å². The first-order valence-electron chi connectivity index (χ1n) is 7.29. The number of hydrogen-bond acceptors (Lipinski definition) is 3. The Labute approximate surface area is 123 Å². The second kappa shape index (κ2) is 7.20. The van der Waals surface area contributed by atoms with Crippen molar-refractivity contribution in [1.82, 2.24) is 5.32 Å². The second-order valence-electron chi connectivity index (χ2n) is 5.39. The summed E-state index contributed by atoms with van der Waals surface area (Å²) in [5, 5.41) is 2.91. The largest absolute Gasteiger partial charge is 0.483 e. The molecular formula is C16H20FNO3. The minimum absolute atomic E-state index is 0.112. The van der Waals surface area contributed by atoms with Gasteiger partial charge in [-0.25, -0.2) is 4.39 Å². The Bertz CT molecular complexity index is 524. The lowest BCUT2D eigenvalue weighted by Gasteiger charge is -2.22. The third-order valence-corrected chi connectivity index (χ3v) is 3.65. The van der Waals surface area contributed by atoms with Crippen LogP contribution >= 0.6 is 0 Å². The Morgan fingerprint density at radius 3 is 2.67 bits per heavy atom. The average molecular weight is 293 g/mol. The van der Waals surface area contributed by atoms with Crippen molar-refractivity contribution in [3.8, 4) is 5.75 Å². The van der Waals surface area contributed by atoms with Crippen molar-refractivity contribution in [2.24, 2.45) is 0 Å². The van der Waals surface area contributed by atoms with E-state index < -0.39 is 5.82 Å². The molecule has 0 saturated heterocycles. The van der Waals surface area contributed by atoms with Crippen molar-refractivity contribution in [3.05, 3.63) is 29.6 Å². The molecule has 1 aromatic rings. The lowest BCUT2D eigenvalue weighted by molar-refractivity contribution is -0.124. The molecule has 2 rings (SSSR count). The van der Waals surface area contributed by atoms with E-state index in [1.807, 2.05) is 0 Å². The zero-order valence-corrected chi connectivity index (χ0v) is 12.2. The van der Waals surface area contributed by atoms with Crippen molar-refractivity contribution in [2.75, 3.05) is 6.61 Å². The molecule has 0 aromatic heterocycles. The molecule has 1 aromatic carbocycles. The number of hydrogen-bond donors (Lipinski definition) is 1. The van der Waals surface area contributed by atoms with E-state index in [1.165, 1.54) is 25.5 Å². The number of benzene rings is 1. The Morgan fingerprint density at radius 2 is 2.00 bits per heavy atom. The predicted molar refractivity (Wildman–Crippen MR) is 76.9 cm³/mol. The topological polar surface area (TPSA) is 55.4 Å². The number of Topliss-reactive ketones (excluding diaryl/α,β-unsaturated/α-hetero) is 1. The number of nitrogens with one attached hydrogen (secondary N) is 1. The fourth-order valence-corrected chi connectivity index (χ4v) is 2.57. The molecule has 1 saturated carbocycles. The summed E-state index contributed by atoms with van der Waals surface area (Å²) >= 11 is 0. The van der Waals surface area contributed by atoms with Gasteiger partial charge in [0.1, 0.15) is 11.6 Å². The Balaban J connectivity index is 1.91. The van der Waals surface area contributed by atoms with Crippen LogP contribution in [0.1, 0.15) is 49.4 Å². The SMILES string of the molecule is CC(=O)c1ccc(F)cc1OCC(=O)NC1CCCCC1. The molecule has 5 heteroatoms. The van der Waals surface area contributed by atoms with E-state index in [1.54, 1.807) is 0 Å². The van der Waals surface area contributed by atoms with Crippen LogP contribution in [0.15, 0.2) is 18.2 Å². The van der Waals surface area contributed by atoms with Gasteiger partial charge in [0.15, 0.2) is 12.4 Å². The first-order chi connectivity index (χ1) is 10.1. The van der Waals surface area contributed by atoms with Gasteiger partial charge in [0.05, 0.1) is 5.56 Å². The van der Waals surface area contributed by atoms with Crippen LogP contribution in [0.5, 0.6) is 5.75 Å². The van der Waals surface area contributed by atoms with Gasteiger partial charge in [-0.05, 0) is 31.9 Å². The number of rotatable bonds is 5. The summed E-state index contributed by atoms with van der Waals surface area (Å²) in [5.41, 5.74) is 0.280. The van der Waals surface area contributed by atoms with Crippen LogP contribution in [-0.4, -0.2) is 24.3 Å². The molecule has 0 bridgehead atoms. The van der Waals surface area contributed by atoms with E-state index in [-0.39, 0.29) is 35.7 Å². The molecule has 0 spiro atoms. The molecule has 114 valence electrons. The van der Waals surface area contributed by atoms with Gasteiger partial charge in [-0.15, -0.1) is 0 Å². The summed E-state index contributed by atoms with van der Waals surface area (Å²) in [5.74, 6) is -0.845. The van der Waals surface area contributed by atoms with Gasteiger partial charge in [-0.1, -0.05) is 19.3 Å². The quantitative estimate of drug-likeness (QED) is 0.849. The maximum absolute atomic E-state index is 13.2. The molecule has 1 fully saturated rings. The number of carbonyl (C=O) groups excluding carboxylic acids is 2. The van der Waals surface area contributed by atoms with Gasteiger partial charge >= 0.3 is 0 Å². The Morgan fingerprint density at radius 1 is 1.29 bits per heavy atom. The molecule has 0 radical (unpaired) electrons. The summed E-state index contributed by atoms with van der Waals surface area (Å²) in [6.45, 7) is 1.17. The van der Waals surface area contributed by atoms with Crippen molar-refractivity contribution >= 4 is 11.7 Å². The van der Waals surface area contributed by atoms with Gasteiger partial charge < -0.3 is 10.1 Å². The van der Waals surface area contributed by atoms with Crippen LogP contribution in [-0.2, 0) is 4.79 Å². The van der Waals surface area contributed by atoms with E-state index >= 15 is 0 Å². The molecule has 0 heterocycles. The predicted octanol–water partition coefficient (Wildman–Crippen LogP) is 2.86. The fourth-order valence-electron chi connectivity index (χ4n) is 2.57. The highest BCUT2D eigenvalue weighted by Gasteiger charge is 2.17. The smallest absolute Gasteiger partial charge is 0.258 e. The molecular weight excluding hydrogens is 273 g/mol. The van der Waals surface area contributed by atoms with Crippen LogP contribution < -0.4 is 10.1 Å². The summed E-state index contributed by atoms with van der Waals surface area (Å²) in [6, 6.07) is 3.90. The zero-order valence-electron chi connectivity index (χ0n) is 12.2. The van der Waals surface area contributed by atoms with Crippen LogP contribution in [0, 0.1) is 5.82 Å². The third kappa shape index (κ3) is 4.55. The maximum Gasteiger partial charge on any atom is 0.258 e. The lowest BCUT2D eigenvalue weighted by atomic mass is 9.95. The van der Waals surface area contributed by atoms with E-state index in [0.29, 0.717) is 0 Å². The fraction of sp³-hybridized carbons (Fsp3) is 0.500. The lowest BCUT2D eigenvalue weighted by Crippen LogP contribution is -2.39. The van der Waals surface area contributed by atoms with E-state index in [4.69, 9.17) is 4.74 Å². The monoisotopic (exact) mass is 293 g/mol. The summed E-state index contributed by atoms with van der Waals surface area (Å²) < 4.78 is 18.5. The first kappa shape index (κ1) is 15.5. The highest BCUT2D eigenvalue weighted by molar-refractivity contribution is 5.96. The Hall–Kier alpha value is -1.91. The summed E-state index contributed by atoms with van der Waals surface area (Å²) in [6.07, 6.45) is 5.46. The number of halogens is 1. The molecule has 1 amide bonds. The minimum atomic E-state index is -0.498. The maximum atomic E-state index is 13.2. The van der Waals surface area contributed by atoms with Crippen LogP contribution in [0.25, 0.3) is 0 Å². The summed E-state index contributed by atoms with van der Waals surface area (Å²) in [7, 11) is 0. The molecule has 0 atom stereocenters.